The highest BCUT2D eigenvalue weighted by Gasteiger charge is 2.20. The Morgan fingerprint density at radius 3 is 2.88 bits per heavy atom. The number of hydrogen-bond acceptors (Lipinski definition) is 2. The first-order valence-corrected chi connectivity index (χ1v) is 6.59. The van der Waals surface area contributed by atoms with Gasteiger partial charge in [0.25, 0.3) is 0 Å². The second-order valence-corrected chi connectivity index (χ2v) is 4.93. The van der Waals surface area contributed by atoms with Crippen molar-refractivity contribution in [3.05, 3.63) is 29.6 Å². The number of nitrogens with zero attached hydrogens (tertiary/aromatic N) is 2. The molecule has 1 saturated carbocycles. The number of allylic oxidation sites excluding steroid dienone is 1. The van der Waals surface area contributed by atoms with E-state index in [1.54, 1.807) is 0 Å². The Balaban J connectivity index is 1.94. The molecule has 0 radical (unpaired) electrons. The summed E-state index contributed by atoms with van der Waals surface area (Å²) >= 11 is 0. The van der Waals surface area contributed by atoms with E-state index in [9.17, 15) is 0 Å². The molecule has 0 atom stereocenters. The highest BCUT2D eigenvalue weighted by Crippen LogP contribution is 2.19. The fraction of sp³-hybridized carbons (Fsp3) is 0.643. The van der Waals surface area contributed by atoms with Crippen LogP contribution in [0.25, 0.3) is 0 Å². The average Bonchev–Trinajstić information content (AvgIpc) is 3.08. The third kappa shape index (κ3) is 3.19. The van der Waals surface area contributed by atoms with Crippen LogP contribution in [0.3, 0.4) is 0 Å². The Bertz CT molecular complexity index is 388. The second kappa shape index (κ2) is 5.50. The molecule has 0 aliphatic heterocycles. The van der Waals surface area contributed by atoms with Gasteiger partial charge >= 0.3 is 0 Å². The molecule has 3 nitrogen and oxygen atoms in total. The van der Waals surface area contributed by atoms with Crippen LogP contribution in [-0.4, -0.2) is 22.4 Å². The average molecular weight is 233 g/mol. The van der Waals surface area contributed by atoms with Crippen LogP contribution in [-0.2, 0) is 13.0 Å². The first-order valence-electron chi connectivity index (χ1n) is 6.59. The van der Waals surface area contributed by atoms with Gasteiger partial charge in [0.15, 0.2) is 0 Å². The van der Waals surface area contributed by atoms with E-state index in [0.717, 1.165) is 32.0 Å². The zero-order chi connectivity index (χ0) is 12.3. The molecule has 0 unspecified atom stereocenters. The van der Waals surface area contributed by atoms with Crippen LogP contribution in [0.2, 0.25) is 0 Å². The van der Waals surface area contributed by atoms with Gasteiger partial charge in [0.1, 0.15) is 0 Å². The Kier molecular flexibility index (Phi) is 4.00. The fourth-order valence-corrected chi connectivity index (χ4v) is 2.22. The SMILES string of the molecule is C=CCCn1nc(C)c(CCNC2CC2)c1C. The van der Waals surface area contributed by atoms with Gasteiger partial charge in [-0.2, -0.15) is 5.10 Å². The molecule has 0 aromatic carbocycles. The molecule has 3 heteroatoms. The van der Waals surface area contributed by atoms with E-state index in [2.05, 4.69) is 35.5 Å². The molecule has 1 fully saturated rings. The lowest BCUT2D eigenvalue weighted by Gasteiger charge is -2.05. The topological polar surface area (TPSA) is 29.9 Å². The van der Waals surface area contributed by atoms with E-state index < -0.39 is 0 Å². The van der Waals surface area contributed by atoms with Gasteiger partial charge in [-0.25, -0.2) is 0 Å². The van der Waals surface area contributed by atoms with Crippen molar-refractivity contribution in [2.75, 3.05) is 6.54 Å². The molecule has 1 N–H and O–H groups in total. The molecule has 94 valence electrons. The molecule has 0 spiro atoms. The van der Waals surface area contributed by atoms with E-state index in [-0.39, 0.29) is 0 Å². The summed E-state index contributed by atoms with van der Waals surface area (Å²) in [7, 11) is 0. The number of rotatable bonds is 7. The largest absolute Gasteiger partial charge is 0.314 e. The van der Waals surface area contributed by atoms with Crippen molar-refractivity contribution in [2.45, 2.75) is 52.1 Å². The third-order valence-electron chi connectivity index (χ3n) is 3.46. The van der Waals surface area contributed by atoms with Crippen molar-refractivity contribution in [2.24, 2.45) is 0 Å². The van der Waals surface area contributed by atoms with Crippen molar-refractivity contribution in [1.82, 2.24) is 15.1 Å². The number of nitrogens with one attached hydrogen (secondary N) is 1. The molecule has 1 aliphatic rings. The lowest BCUT2D eigenvalue weighted by Crippen LogP contribution is -2.19. The fourth-order valence-electron chi connectivity index (χ4n) is 2.22. The Hall–Kier alpha value is -1.09. The van der Waals surface area contributed by atoms with Crippen LogP contribution in [0.15, 0.2) is 12.7 Å². The van der Waals surface area contributed by atoms with Crippen LogP contribution in [0.4, 0.5) is 0 Å². The van der Waals surface area contributed by atoms with Crippen LogP contribution in [0.1, 0.15) is 36.2 Å². The molecule has 17 heavy (non-hydrogen) atoms. The summed E-state index contributed by atoms with van der Waals surface area (Å²) in [4.78, 5) is 0. The first kappa shape index (κ1) is 12.4. The zero-order valence-electron chi connectivity index (χ0n) is 11.0. The van der Waals surface area contributed by atoms with E-state index in [4.69, 9.17) is 0 Å². The van der Waals surface area contributed by atoms with E-state index in [0.29, 0.717) is 0 Å². The summed E-state index contributed by atoms with van der Waals surface area (Å²) < 4.78 is 2.11. The molecule has 1 aromatic heterocycles. The van der Waals surface area contributed by atoms with Crippen LogP contribution >= 0.6 is 0 Å². The standard InChI is InChI=1S/C14H23N3/c1-4-5-10-17-12(3)14(11(2)16-17)8-9-15-13-6-7-13/h4,13,15H,1,5-10H2,2-3H3. The van der Waals surface area contributed by atoms with Crippen molar-refractivity contribution in [1.29, 1.82) is 0 Å². The summed E-state index contributed by atoms with van der Waals surface area (Å²) in [5.74, 6) is 0. The van der Waals surface area contributed by atoms with E-state index in [1.807, 2.05) is 6.08 Å². The highest BCUT2D eigenvalue weighted by molar-refractivity contribution is 5.24. The molecule has 0 amide bonds. The lowest BCUT2D eigenvalue weighted by molar-refractivity contribution is 0.601. The second-order valence-electron chi connectivity index (χ2n) is 4.93. The van der Waals surface area contributed by atoms with Crippen LogP contribution in [0, 0.1) is 13.8 Å². The molecule has 0 bridgehead atoms. The van der Waals surface area contributed by atoms with Gasteiger partial charge in [-0.3, -0.25) is 4.68 Å². The highest BCUT2D eigenvalue weighted by atomic mass is 15.3. The summed E-state index contributed by atoms with van der Waals surface area (Å²) in [5, 5.41) is 8.16. The van der Waals surface area contributed by atoms with E-state index in [1.165, 1.54) is 29.8 Å². The number of aryl methyl sites for hydroxylation is 2. The van der Waals surface area contributed by atoms with Crippen LogP contribution < -0.4 is 5.32 Å². The predicted octanol–water partition coefficient (Wildman–Crippen LogP) is 2.37. The van der Waals surface area contributed by atoms with Crippen molar-refractivity contribution in [3.8, 4) is 0 Å². The van der Waals surface area contributed by atoms with Crippen molar-refractivity contribution >= 4 is 0 Å². The molecular weight excluding hydrogens is 210 g/mol. The summed E-state index contributed by atoms with van der Waals surface area (Å²) in [6, 6.07) is 0.798. The predicted molar refractivity (Wildman–Crippen MR) is 71.2 cm³/mol. The quantitative estimate of drug-likeness (QED) is 0.733. The Labute approximate surface area is 104 Å². The number of aromatic nitrogens is 2. The molecule has 1 aliphatic carbocycles. The normalized spacial score (nSPS) is 15.2. The molecule has 1 heterocycles. The minimum Gasteiger partial charge on any atom is -0.314 e. The van der Waals surface area contributed by atoms with Gasteiger partial charge in [0, 0.05) is 18.3 Å². The maximum atomic E-state index is 4.60. The monoisotopic (exact) mass is 233 g/mol. The minimum atomic E-state index is 0.798. The van der Waals surface area contributed by atoms with Gasteiger partial charge in [-0.15, -0.1) is 6.58 Å². The summed E-state index contributed by atoms with van der Waals surface area (Å²) in [6.07, 6.45) is 6.75. The third-order valence-corrected chi connectivity index (χ3v) is 3.46. The zero-order valence-corrected chi connectivity index (χ0v) is 11.0. The van der Waals surface area contributed by atoms with Gasteiger partial charge in [-0.1, -0.05) is 6.08 Å². The molecule has 0 saturated heterocycles. The summed E-state index contributed by atoms with van der Waals surface area (Å²) in [5.41, 5.74) is 3.92. The minimum absolute atomic E-state index is 0.798. The van der Waals surface area contributed by atoms with E-state index >= 15 is 0 Å². The molecule has 1 aromatic rings. The van der Waals surface area contributed by atoms with Gasteiger partial charge in [0.2, 0.25) is 0 Å². The number of hydrogen-bond donors (Lipinski definition) is 1. The van der Waals surface area contributed by atoms with Gasteiger partial charge < -0.3 is 5.32 Å². The van der Waals surface area contributed by atoms with Crippen molar-refractivity contribution in [3.63, 3.8) is 0 Å². The van der Waals surface area contributed by atoms with Gasteiger partial charge in [0.05, 0.1) is 5.69 Å². The lowest BCUT2D eigenvalue weighted by atomic mass is 10.1. The first-order chi connectivity index (χ1) is 8.22. The van der Waals surface area contributed by atoms with Gasteiger partial charge in [-0.05, 0) is 51.6 Å². The maximum absolute atomic E-state index is 4.60. The molecule has 2 rings (SSSR count). The van der Waals surface area contributed by atoms with Crippen molar-refractivity contribution < 1.29 is 0 Å². The summed E-state index contributed by atoms with van der Waals surface area (Å²) in [6.45, 7) is 10.1. The maximum Gasteiger partial charge on any atom is 0.0628 e. The Morgan fingerprint density at radius 2 is 2.24 bits per heavy atom. The smallest absolute Gasteiger partial charge is 0.0628 e. The van der Waals surface area contributed by atoms with Crippen LogP contribution in [0.5, 0.6) is 0 Å². The molecular formula is C14H23N3. The Morgan fingerprint density at radius 1 is 1.47 bits per heavy atom.